The van der Waals surface area contributed by atoms with Crippen molar-refractivity contribution >= 4 is 36.7 Å². The number of hydrogen-bond acceptors (Lipinski definition) is 9. The minimum absolute atomic E-state index is 0. The Labute approximate surface area is 354 Å². The molecule has 314 valence electrons. The van der Waals surface area contributed by atoms with Crippen LogP contribution in [0.5, 0.6) is 11.5 Å². The Morgan fingerprint density at radius 2 is 1.45 bits per heavy atom. The summed E-state index contributed by atoms with van der Waals surface area (Å²) in [7, 11) is 0. The van der Waals surface area contributed by atoms with Crippen molar-refractivity contribution in [1.29, 1.82) is 0 Å². The van der Waals surface area contributed by atoms with Gasteiger partial charge >= 0.3 is 0 Å². The maximum Gasteiger partial charge on any atom is 0.245 e. The van der Waals surface area contributed by atoms with Gasteiger partial charge < -0.3 is 32.0 Å². The average molecular weight is 837 g/mol. The van der Waals surface area contributed by atoms with Gasteiger partial charge in [-0.1, -0.05) is 91.0 Å². The van der Waals surface area contributed by atoms with Gasteiger partial charge in [-0.2, -0.15) is 0 Å². The predicted molar refractivity (Wildman–Crippen MR) is 233 cm³/mol. The number of halogens is 2. The molecule has 0 spiro atoms. The number of nitrogens with one attached hydrogen (secondary N) is 1. The van der Waals surface area contributed by atoms with E-state index in [1.54, 1.807) is 9.36 Å². The number of carbonyl (C=O) groups is 1. The molecule has 2 aromatic heterocycles. The summed E-state index contributed by atoms with van der Waals surface area (Å²) in [6, 6.07) is 25.3. The van der Waals surface area contributed by atoms with Crippen molar-refractivity contribution in [3.05, 3.63) is 108 Å². The van der Waals surface area contributed by atoms with E-state index in [1.165, 1.54) is 5.56 Å². The number of amides is 1. The van der Waals surface area contributed by atoms with Gasteiger partial charge in [-0.15, -0.1) is 35.0 Å². The first-order chi connectivity index (χ1) is 27.3. The Balaban J connectivity index is 0.00000450. The van der Waals surface area contributed by atoms with Crippen molar-refractivity contribution in [1.82, 2.24) is 35.3 Å². The van der Waals surface area contributed by atoms with Crippen molar-refractivity contribution < 1.29 is 14.3 Å². The number of aliphatic imine (C=N–C) groups is 1. The minimum Gasteiger partial charge on any atom is -0.493 e. The van der Waals surface area contributed by atoms with Crippen molar-refractivity contribution in [2.24, 2.45) is 28.1 Å². The molecule has 7 N–H and O–H groups in total. The normalized spacial score (nSPS) is 11.9. The molecule has 58 heavy (non-hydrogen) atoms. The van der Waals surface area contributed by atoms with E-state index >= 15 is 0 Å². The van der Waals surface area contributed by atoms with Gasteiger partial charge in [0, 0.05) is 29.9 Å². The molecule has 0 fully saturated rings. The molecule has 0 radical (unpaired) electrons. The molecule has 5 aromatic rings. The summed E-state index contributed by atoms with van der Waals surface area (Å²) in [5.41, 5.74) is 21.6. The number of nitrogens with zero attached hydrogens (tertiary/aromatic N) is 7. The van der Waals surface area contributed by atoms with Gasteiger partial charge in [0.2, 0.25) is 5.91 Å². The molecule has 0 unspecified atom stereocenters. The summed E-state index contributed by atoms with van der Waals surface area (Å²) in [6.07, 6.45) is 9.65. The summed E-state index contributed by atoms with van der Waals surface area (Å²) >= 11 is 0. The zero-order valence-corrected chi connectivity index (χ0v) is 35.1. The van der Waals surface area contributed by atoms with Gasteiger partial charge in [0.05, 0.1) is 25.0 Å². The fraction of sp³-hybridized carbons (Fsp3) is 0.429. The van der Waals surface area contributed by atoms with E-state index in [2.05, 4.69) is 56.9 Å². The predicted octanol–water partition coefficient (Wildman–Crippen LogP) is 6.08. The largest absolute Gasteiger partial charge is 0.493 e. The molecule has 0 aliphatic carbocycles. The summed E-state index contributed by atoms with van der Waals surface area (Å²) in [5, 5.41) is 20.8. The molecule has 0 bridgehead atoms. The number of benzene rings is 3. The maximum absolute atomic E-state index is 14.0. The van der Waals surface area contributed by atoms with Crippen LogP contribution in [0.15, 0.2) is 96.2 Å². The molecule has 0 saturated heterocycles. The van der Waals surface area contributed by atoms with Crippen LogP contribution in [-0.4, -0.2) is 67.6 Å². The number of rotatable bonds is 24. The molecular formula is C42H59Cl2N11O3. The van der Waals surface area contributed by atoms with E-state index < -0.39 is 6.04 Å². The van der Waals surface area contributed by atoms with Gasteiger partial charge in [-0.05, 0) is 81.5 Å². The molecule has 2 heterocycles. The highest BCUT2D eigenvalue weighted by Gasteiger charge is 2.25. The second-order valence-corrected chi connectivity index (χ2v) is 14.4. The zero-order valence-electron chi connectivity index (χ0n) is 33.5. The Hall–Kier alpha value is -5.18. The number of aryl methyl sites for hydroxylation is 2. The average Bonchev–Trinajstić information content (AvgIpc) is 3.86. The zero-order chi connectivity index (χ0) is 39.5. The van der Waals surface area contributed by atoms with E-state index in [1.807, 2.05) is 79.1 Å². The molecule has 5 rings (SSSR count). The number of nitrogens with two attached hydrogens (primary N) is 3. The lowest BCUT2D eigenvalue weighted by Crippen LogP contribution is -2.42. The summed E-state index contributed by atoms with van der Waals surface area (Å²) < 4.78 is 15.9. The lowest BCUT2D eigenvalue weighted by atomic mass is 10.0. The summed E-state index contributed by atoms with van der Waals surface area (Å²) in [6.45, 7) is 6.58. The van der Waals surface area contributed by atoms with Crippen molar-refractivity contribution in [3.63, 3.8) is 0 Å². The molecule has 3 aromatic carbocycles. The van der Waals surface area contributed by atoms with Crippen molar-refractivity contribution in [2.45, 2.75) is 90.4 Å². The number of hydrogen-bond donors (Lipinski definition) is 4. The van der Waals surface area contributed by atoms with E-state index in [4.69, 9.17) is 26.7 Å². The molecule has 16 heteroatoms. The van der Waals surface area contributed by atoms with Crippen LogP contribution in [0.3, 0.4) is 0 Å². The molecule has 2 atom stereocenters. The van der Waals surface area contributed by atoms with Gasteiger partial charge in [-0.25, -0.2) is 4.68 Å². The third kappa shape index (κ3) is 15.3. The third-order valence-corrected chi connectivity index (χ3v) is 9.36. The summed E-state index contributed by atoms with van der Waals surface area (Å²) in [5.74, 6) is 1.96. The van der Waals surface area contributed by atoms with Crippen molar-refractivity contribution in [3.8, 4) is 22.6 Å². The molecule has 1 amide bonds. The monoisotopic (exact) mass is 835 g/mol. The SMILES string of the molecule is CC(C)CCOc1ccccc1-c1ccccc1OCc1cn(C[C@@H](CCCN=C(N)N)NC(=O)[C@@H](CCCCN)n2cc(CCc3ccccc3)nn2)nn1.Cl.Cl. The highest BCUT2D eigenvalue weighted by Crippen LogP contribution is 2.36. The molecule has 0 aliphatic heterocycles. The van der Waals surface area contributed by atoms with Crippen LogP contribution in [0.1, 0.15) is 75.4 Å². The lowest BCUT2D eigenvalue weighted by molar-refractivity contribution is -0.125. The Kier molecular flexibility index (Phi) is 20.5. The van der Waals surface area contributed by atoms with E-state index in [0.29, 0.717) is 62.9 Å². The van der Waals surface area contributed by atoms with Crippen LogP contribution in [0.4, 0.5) is 0 Å². The van der Waals surface area contributed by atoms with E-state index in [-0.39, 0.29) is 49.3 Å². The first kappa shape index (κ1) is 47.2. The topological polar surface area (TPSA) is 199 Å². The fourth-order valence-electron chi connectivity index (χ4n) is 6.32. The Morgan fingerprint density at radius 1 is 0.776 bits per heavy atom. The van der Waals surface area contributed by atoms with Crippen LogP contribution >= 0.6 is 24.8 Å². The van der Waals surface area contributed by atoms with Crippen LogP contribution in [0.25, 0.3) is 11.1 Å². The quantitative estimate of drug-likeness (QED) is 0.0321. The van der Waals surface area contributed by atoms with Gasteiger partial charge in [0.25, 0.3) is 0 Å². The van der Waals surface area contributed by atoms with Crippen LogP contribution < -0.4 is 32.0 Å². The molecule has 14 nitrogen and oxygen atoms in total. The number of carbonyl (C=O) groups excluding carboxylic acids is 1. The number of ether oxygens (including phenoxy) is 2. The highest BCUT2D eigenvalue weighted by atomic mass is 35.5. The van der Waals surface area contributed by atoms with Gasteiger partial charge in [-0.3, -0.25) is 14.5 Å². The number of unbranched alkanes of at least 4 members (excludes halogenated alkanes) is 1. The lowest BCUT2D eigenvalue weighted by Gasteiger charge is -2.23. The molecule has 0 saturated carbocycles. The summed E-state index contributed by atoms with van der Waals surface area (Å²) in [4.78, 5) is 18.2. The first-order valence-electron chi connectivity index (χ1n) is 19.6. The van der Waals surface area contributed by atoms with E-state index in [9.17, 15) is 4.79 Å². The van der Waals surface area contributed by atoms with E-state index in [0.717, 1.165) is 54.7 Å². The van der Waals surface area contributed by atoms with Crippen molar-refractivity contribution in [2.75, 3.05) is 19.7 Å². The minimum atomic E-state index is -0.551. The molecular weight excluding hydrogens is 777 g/mol. The number of guanidine groups is 1. The van der Waals surface area contributed by atoms with Gasteiger partial charge in [0.1, 0.15) is 29.8 Å². The van der Waals surface area contributed by atoms with Crippen LogP contribution in [-0.2, 0) is 30.8 Å². The first-order valence-corrected chi connectivity index (χ1v) is 19.6. The maximum atomic E-state index is 14.0. The van der Waals surface area contributed by atoms with Crippen LogP contribution in [0, 0.1) is 5.92 Å². The Bertz CT molecular complexity index is 1950. The highest BCUT2D eigenvalue weighted by molar-refractivity contribution is 5.85. The van der Waals surface area contributed by atoms with Crippen LogP contribution in [0.2, 0.25) is 0 Å². The third-order valence-electron chi connectivity index (χ3n) is 9.36. The smallest absolute Gasteiger partial charge is 0.245 e. The fourth-order valence-corrected chi connectivity index (χ4v) is 6.32. The number of aromatic nitrogens is 6. The standard InChI is InChI=1S/C42H57N11O3.2ClH/c1-31(2)23-26-55-39-19-8-6-16-36(39)37-17-7-9-20-40(37)56-30-35-28-52(50-49-35)27-33(15-12-25-46-42(44)45)47-41(54)38(18-10-11-24-43)53-29-34(48-51-53)22-21-32-13-4-3-5-14-32;;/h3-9,13-14,16-17,19-20,28-29,31,33,38H,10-12,15,18,21-27,30,43H2,1-2H3,(H,47,54)(H4,44,45,46);2*1H/t33-,38-;;/m1../s1. The second kappa shape index (κ2) is 25.2. The second-order valence-electron chi connectivity index (χ2n) is 14.4. The number of para-hydroxylation sites is 2. The molecule has 0 aliphatic rings. The van der Waals surface area contributed by atoms with Gasteiger partial charge in [0.15, 0.2) is 5.96 Å². The Morgan fingerprint density at radius 3 is 2.14 bits per heavy atom.